The molecule has 0 N–H and O–H groups in total. The number of aryl methyl sites for hydroxylation is 1. The lowest BCUT2D eigenvalue weighted by atomic mass is 10.3. The third-order valence-electron chi connectivity index (χ3n) is 2.59. The van der Waals surface area contributed by atoms with Crippen molar-refractivity contribution in [3.05, 3.63) is 27.1 Å². The number of aromatic nitrogens is 3. The summed E-state index contributed by atoms with van der Waals surface area (Å²) in [5, 5.41) is 6.32. The van der Waals surface area contributed by atoms with Gasteiger partial charge in [0, 0.05) is 25.0 Å². The Kier molecular flexibility index (Phi) is 4.17. The molecule has 2 heterocycles. The van der Waals surface area contributed by atoms with Crippen LogP contribution in [0, 0.1) is 0 Å². The Bertz CT molecular complexity index is 466. The van der Waals surface area contributed by atoms with E-state index in [1.54, 1.807) is 11.3 Å². The average Bonchev–Trinajstić information content (AvgIpc) is 2.90. The summed E-state index contributed by atoms with van der Waals surface area (Å²) >= 11 is 5.10. The van der Waals surface area contributed by atoms with Gasteiger partial charge < -0.3 is 4.90 Å². The molecule has 0 unspecified atom stereocenters. The predicted molar refractivity (Wildman–Crippen MR) is 74.6 cm³/mol. The molecule has 0 bridgehead atoms. The SMILES string of the molecule is CCN(CCc1cccs1)c1nc(Br)nn1C. The minimum absolute atomic E-state index is 0.643. The molecule has 17 heavy (non-hydrogen) atoms. The molecule has 0 aliphatic rings. The van der Waals surface area contributed by atoms with Gasteiger partial charge in [-0.15, -0.1) is 16.4 Å². The fourth-order valence-electron chi connectivity index (χ4n) is 1.72. The molecular weight excluding hydrogens is 300 g/mol. The van der Waals surface area contributed by atoms with Crippen LogP contribution in [-0.2, 0) is 13.5 Å². The zero-order chi connectivity index (χ0) is 12.3. The van der Waals surface area contributed by atoms with Gasteiger partial charge in [0.2, 0.25) is 10.7 Å². The number of anilines is 1. The van der Waals surface area contributed by atoms with Gasteiger partial charge in [-0.1, -0.05) is 6.07 Å². The number of thiophene rings is 1. The fourth-order valence-corrected chi connectivity index (χ4v) is 2.82. The minimum atomic E-state index is 0.643. The Labute approximate surface area is 113 Å². The molecule has 2 aromatic heterocycles. The number of hydrogen-bond donors (Lipinski definition) is 0. The maximum absolute atomic E-state index is 4.38. The van der Waals surface area contributed by atoms with Gasteiger partial charge in [-0.05, 0) is 40.7 Å². The second kappa shape index (κ2) is 5.64. The van der Waals surface area contributed by atoms with Crippen molar-refractivity contribution in [1.82, 2.24) is 14.8 Å². The molecule has 2 aromatic rings. The molecule has 0 spiro atoms. The molecule has 0 radical (unpaired) electrons. The van der Waals surface area contributed by atoms with Crippen molar-refractivity contribution in [2.24, 2.45) is 7.05 Å². The van der Waals surface area contributed by atoms with Crippen molar-refractivity contribution in [1.29, 1.82) is 0 Å². The van der Waals surface area contributed by atoms with E-state index in [1.807, 2.05) is 11.7 Å². The van der Waals surface area contributed by atoms with Crippen LogP contribution < -0.4 is 4.90 Å². The van der Waals surface area contributed by atoms with Crippen molar-refractivity contribution in [3.8, 4) is 0 Å². The molecule has 0 atom stereocenters. The standard InChI is InChI=1S/C11H15BrN4S/c1-3-16(7-6-9-5-4-8-17-9)11-13-10(12)14-15(11)2/h4-5,8H,3,6-7H2,1-2H3. The van der Waals surface area contributed by atoms with Gasteiger partial charge in [-0.25, -0.2) is 4.68 Å². The van der Waals surface area contributed by atoms with E-state index in [1.165, 1.54) is 4.88 Å². The topological polar surface area (TPSA) is 34.0 Å². The van der Waals surface area contributed by atoms with Crippen LogP contribution in [0.4, 0.5) is 5.95 Å². The van der Waals surface area contributed by atoms with Gasteiger partial charge in [0.1, 0.15) is 0 Å². The summed E-state index contributed by atoms with van der Waals surface area (Å²) in [5.74, 6) is 0.913. The third kappa shape index (κ3) is 3.07. The molecule has 0 aliphatic carbocycles. The van der Waals surface area contributed by atoms with E-state index in [0.717, 1.165) is 25.5 Å². The van der Waals surface area contributed by atoms with Crippen molar-refractivity contribution in [3.63, 3.8) is 0 Å². The summed E-state index contributed by atoms with van der Waals surface area (Å²) in [6.45, 7) is 4.04. The number of likely N-dealkylation sites (N-methyl/N-ethyl adjacent to an activating group) is 1. The highest BCUT2D eigenvalue weighted by Crippen LogP contribution is 2.15. The van der Waals surface area contributed by atoms with E-state index in [9.17, 15) is 0 Å². The van der Waals surface area contributed by atoms with E-state index in [-0.39, 0.29) is 0 Å². The molecule has 0 aromatic carbocycles. The summed E-state index contributed by atoms with van der Waals surface area (Å²) in [4.78, 5) is 8.02. The molecule has 6 heteroatoms. The van der Waals surface area contributed by atoms with Gasteiger partial charge in [0.05, 0.1) is 0 Å². The lowest BCUT2D eigenvalue weighted by Gasteiger charge is -2.20. The zero-order valence-corrected chi connectivity index (χ0v) is 12.3. The van der Waals surface area contributed by atoms with Crippen LogP contribution in [0.3, 0.4) is 0 Å². The van der Waals surface area contributed by atoms with Crippen molar-refractivity contribution in [2.75, 3.05) is 18.0 Å². The van der Waals surface area contributed by atoms with Crippen LogP contribution >= 0.6 is 27.3 Å². The maximum atomic E-state index is 4.38. The fraction of sp³-hybridized carbons (Fsp3) is 0.455. The number of nitrogens with zero attached hydrogens (tertiary/aromatic N) is 4. The highest BCUT2D eigenvalue weighted by atomic mass is 79.9. The zero-order valence-electron chi connectivity index (χ0n) is 9.93. The Balaban J connectivity index is 2.04. The molecule has 0 aliphatic heterocycles. The first-order valence-corrected chi connectivity index (χ1v) is 7.22. The van der Waals surface area contributed by atoms with Gasteiger partial charge in [0.25, 0.3) is 0 Å². The van der Waals surface area contributed by atoms with Crippen LogP contribution in [0.15, 0.2) is 22.2 Å². The Morgan fingerprint density at radius 3 is 2.88 bits per heavy atom. The summed E-state index contributed by atoms with van der Waals surface area (Å²) in [5.41, 5.74) is 0. The van der Waals surface area contributed by atoms with Crippen LogP contribution in [0.2, 0.25) is 0 Å². The Morgan fingerprint density at radius 1 is 1.53 bits per heavy atom. The highest BCUT2D eigenvalue weighted by Gasteiger charge is 2.12. The first-order chi connectivity index (χ1) is 8.20. The second-order valence-electron chi connectivity index (χ2n) is 3.71. The molecule has 0 amide bonds. The van der Waals surface area contributed by atoms with Crippen LogP contribution in [0.1, 0.15) is 11.8 Å². The molecule has 0 fully saturated rings. The highest BCUT2D eigenvalue weighted by molar-refractivity contribution is 9.10. The van der Waals surface area contributed by atoms with Gasteiger partial charge in [-0.2, -0.15) is 4.98 Å². The first kappa shape index (κ1) is 12.6. The molecule has 4 nitrogen and oxygen atoms in total. The number of halogens is 1. The van der Waals surface area contributed by atoms with E-state index in [0.29, 0.717) is 4.73 Å². The van der Waals surface area contributed by atoms with E-state index in [4.69, 9.17) is 0 Å². The largest absolute Gasteiger partial charge is 0.341 e. The molecule has 92 valence electrons. The minimum Gasteiger partial charge on any atom is -0.341 e. The monoisotopic (exact) mass is 314 g/mol. The maximum Gasteiger partial charge on any atom is 0.224 e. The summed E-state index contributed by atoms with van der Waals surface area (Å²) in [7, 11) is 1.92. The first-order valence-electron chi connectivity index (χ1n) is 5.54. The third-order valence-corrected chi connectivity index (χ3v) is 3.86. The smallest absolute Gasteiger partial charge is 0.224 e. The molecular formula is C11H15BrN4S. The summed E-state index contributed by atoms with van der Waals surface area (Å²) in [6, 6.07) is 4.26. The van der Waals surface area contributed by atoms with Crippen molar-refractivity contribution in [2.45, 2.75) is 13.3 Å². The van der Waals surface area contributed by atoms with Gasteiger partial charge in [-0.3, -0.25) is 0 Å². The lowest BCUT2D eigenvalue weighted by molar-refractivity contribution is 0.700. The van der Waals surface area contributed by atoms with Crippen molar-refractivity contribution < 1.29 is 0 Å². The van der Waals surface area contributed by atoms with Gasteiger partial charge >= 0.3 is 0 Å². The number of hydrogen-bond acceptors (Lipinski definition) is 4. The van der Waals surface area contributed by atoms with Gasteiger partial charge in [0.15, 0.2) is 0 Å². The van der Waals surface area contributed by atoms with Crippen LogP contribution in [-0.4, -0.2) is 27.9 Å². The molecule has 0 saturated heterocycles. The van der Waals surface area contributed by atoms with E-state index < -0.39 is 0 Å². The lowest BCUT2D eigenvalue weighted by Crippen LogP contribution is -2.28. The van der Waals surface area contributed by atoms with E-state index in [2.05, 4.69) is 55.3 Å². The summed E-state index contributed by atoms with van der Waals surface area (Å²) in [6.07, 6.45) is 1.05. The predicted octanol–water partition coefficient (Wildman–Crippen LogP) is 2.71. The number of rotatable bonds is 5. The van der Waals surface area contributed by atoms with Crippen LogP contribution in [0.5, 0.6) is 0 Å². The van der Waals surface area contributed by atoms with E-state index >= 15 is 0 Å². The van der Waals surface area contributed by atoms with Crippen molar-refractivity contribution >= 4 is 33.2 Å². The average molecular weight is 315 g/mol. The van der Waals surface area contributed by atoms with Crippen LogP contribution in [0.25, 0.3) is 0 Å². The second-order valence-corrected chi connectivity index (χ2v) is 5.45. The quantitative estimate of drug-likeness (QED) is 0.851. The normalized spacial score (nSPS) is 10.8. The Hall–Kier alpha value is -0.880. The molecule has 0 saturated carbocycles. The Morgan fingerprint density at radius 2 is 2.35 bits per heavy atom. The molecule has 2 rings (SSSR count). The summed E-state index contributed by atoms with van der Waals surface area (Å²) < 4.78 is 2.45.